The Balaban J connectivity index is 1.90. The molecule has 0 radical (unpaired) electrons. The fraction of sp³-hybridized carbons (Fsp3) is 0.375. The first-order valence-corrected chi connectivity index (χ1v) is 8.24. The van der Waals surface area contributed by atoms with Crippen molar-refractivity contribution in [3.8, 4) is 0 Å². The summed E-state index contributed by atoms with van der Waals surface area (Å²) in [5.74, 6) is 0.0175. The second kappa shape index (κ2) is 6.12. The minimum Gasteiger partial charge on any atom is -0.333 e. The molecule has 6 heteroatoms. The van der Waals surface area contributed by atoms with E-state index in [1.807, 2.05) is 29.2 Å². The lowest BCUT2D eigenvalue weighted by Gasteiger charge is -2.25. The van der Waals surface area contributed by atoms with Gasteiger partial charge in [0.2, 0.25) is 0 Å². The second-order valence-corrected chi connectivity index (χ2v) is 6.47. The topological polar surface area (TPSA) is 61.4 Å². The van der Waals surface area contributed by atoms with Gasteiger partial charge in [0.05, 0.1) is 23.9 Å². The van der Waals surface area contributed by atoms with E-state index in [9.17, 15) is 9.59 Å². The quantitative estimate of drug-likeness (QED) is 0.863. The molecule has 0 spiro atoms. The molecular weight excluding hydrogens is 346 g/mol. The van der Waals surface area contributed by atoms with E-state index in [1.54, 1.807) is 0 Å². The number of nitrogens with zero attached hydrogens (tertiary/aromatic N) is 1. The van der Waals surface area contributed by atoms with Crippen LogP contribution in [0.1, 0.15) is 31.4 Å². The average Bonchev–Trinajstić information content (AvgIpc) is 2.81. The summed E-state index contributed by atoms with van der Waals surface area (Å²) in [6.45, 7) is 3.32. The SMILES string of the molecule is CCCCN1CC2=C(C1=O)[C@@H](c1ccc(Br)cc1)NC(=O)N2. The number of urea groups is 1. The van der Waals surface area contributed by atoms with Gasteiger partial charge in [-0.25, -0.2) is 4.79 Å². The fourth-order valence-electron chi connectivity index (χ4n) is 2.86. The van der Waals surface area contributed by atoms with Crippen molar-refractivity contribution < 1.29 is 9.59 Å². The lowest BCUT2D eigenvalue weighted by atomic mass is 9.96. The molecule has 0 aromatic heterocycles. The Bertz CT molecular complexity index is 639. The van der Waals surface area contributed by atoms with Crippen LogP contribution in [0.3, 0.4) is 0 Å². The molecule has 0 fully saturated rings. The molecule has 3 amide bonds. The van der Waals surface area contributed by atoms with Crippen molar-refractivity contribution in [1.29, 1.82) is 0 Å². The Hall–Kier alpha value is -1.82. The van der Waals surface area contributed by atoms with E-state index in [0.717, 1.165) is 35.1 Å². The summed E-state index contributed by atoms with van der Waals surface area (Å²) in [5, 5.41) is 5.64. The Morgan fingerprint density at radius 3 is 2.68 bits per heavy atom. The highest BCUT2D eigenvalue weighted by Gasteiger charge is 2.39. The van der Waals surface area contributed by atoms with Crippen LogP contribution in [-0.2, 0) is 4.79 Å². The number of hydrogen-bond acceptors (Lipinski definition) is 2. The number of carbonyl (C=O) groups excluding carboxylic acids is 2. The summed E-state index contributed by atoms with van der Waals surface area (Å²) in [6.07, 6.45) is 2.01. The van der Waals surface area contributed by atoms with Crippen LogP contribution < -0.4 is 10.6 Å². The third-order valence-corrected chi connectivity index (χ3v) is 4.53. The van der Waals surface area contributed by atoms with Gasteiger partial charge in [0, 0.05) is 11.0 Å². The van der Waals surface area contributed by atoms with Crippen LogP contribution in [0, 0.1) is 0 Å². The van der Waals surface area contributed by atoms with Crippen molar-refractivity contribution >= 4 is 27.9 Å². The van der Waals surface area contributed by atoms with Crippen molar-refractivity contribution in [3.63, 3.8) is 0 Å². The van der Waals surface area contributed by atoms with Crippen molar-refractivity contribution in [1.82, 2.24) is 15.5 Å². The van der Waals surface area contributed by atoms with Gasteiger partial charge in [0.25, 0.3) is 5.91 Å². The van der Waals surface area contributed by atoms with Gasteiger partial charge < -0.3 is 15.5 Å². The van der Waals surface area contributed by atoms with Crippen LogP contribution >= 0.6 is 15.9 Å². The lowest BCUT2D eigenvalue weighted by Crippen LogP contribution is -2.44. The molecule has 116 valence electrons. The molecule has 5 nitrogen and oxygen atoms in total. The van der Waals surface area contributed by atoms with E-state index in [1.165, 1.54) is 0 Å². The fourth-order valence-corrected chi connectivity index (χ4v) is 3.13. The van der Waals surface area contributed by atoms with E-state index in [2.05, 4.69) is 33.5 Å². The second-order valence-electron chi connectivity index (χ2n) is 5.56. The molecule has 0 saturated heterocycles. The number of hydrogen-bond donors (Lipinski definition) is 2. The highest BCUT2D eigenvalue weighted by molar-refractivity contribution is 9.10. The van der Waals surface area contributed by atoms with Crippen LogP contribution in [0.4, 0.5) is 4.79 Å². The zero-order valence-electron chi connectivity index (χ0n) is 12.4. The first kappa shape index (κ1) is 15.1. The van der Waals surface area contributed by atoms with E-state index in [-0.39, 0.29) is 18.0 Å². The van der Waals surface area contributed by atoms with Crippen LogP contribution in [-0.4, -0.2) is 29.9 Å². The normalized spacial score (nSPS) is 20.8. The molecule has 0 aliphatic carbocycles. The summed E-state index contributed by atoms with van der Waals surface area (Å²) >= 11 is 3.40. The Labute approximate surface area is 137 Å². The highest BCUT2D eigenvalue weighted by atomic mass is 79.9. The van der Waals surface area contributed by atoms with Crippen LogP contribution in [0.2, 0.25) is 0 Å². The Morgan fingerprint density at radius 2 is 2.00 bits per heavy atom. The summed E-state index contributed by atoms with van der Waals surface area (Å²) in [4.78, 5) is 26.4. The van der Waals surface area contributed by atoms with Gasteiger partial charge in [-0.15, -0.1) is 0 Å². The molecule has 0 saturated carbocycles. The molecule has 2 aliphatic rings. The third kappa shape index (κ3) is 2.75. The summed E-state index contributed by atoms with van der Waals surface area (Å²) in [6, 6.07) is 7.04. The average molecular weight is 364 g/mol. The van der Waals surface area contributed by atoms with E-state index >= 15 is 0 Å². The molecule has 2 N–H and O–H groups in total. The number of rotatable bonds is 4. The van der Waals surface area contributed by atoms with Crippen molar-refractivity contribution in [2.45, 2.75) is 25.8 Å². The molecule has 2 aliphatic heterocycles. The number of amides is 3. The van der Waals surface area contributed by atoms with Gasteiger partial charge in [-0.1, -0.05) is 41.4 Å². The third-order valence-electron chi connectivity index (χ3n) is 4.01. The van der Waals surface area contributed by atoms with Crippen molar-refractivity contribution in [2.75, 3.05) is 13.1 Å². The molecule has 1 atom stereocenters. The molecular formula is C16H18BrN3O2. The number of halogens is 1. The molecule has 1 aromatic carbocycles. The van der Waals surface area contributed by atoms with Gasteiger partial charge in [-0.2, -0.15) is 0 Å². The molecule has 3 rings (SSSR count). The van der Waals surface area contributed by atoms with Gasteiger partial charge in [-0.05, 0) is 24.1 Å². The molecule has 1 aromatic rings. The molecule has 2 heterocycles. The van der Waals surface area contributed by atoms with E-state index in [0.29, 0.717) is 12.1 Å². The largest absolute Gasteiger partial charge is 0.333 e. The van der Waals surface area contributed by atoms with Crippen molar-refractivity contribution in [3.05, 3.63) is 45.6 Å². The van der Waals surface area contributed by atoms with E-state index in [4.69, 9.17) is 0 Å². The van der Waals surface area contributed by atoms with Crippen LogP contribution in [0.5, 0.6) is 0 Å². The van der Waals surface area contributed by atoms with Gasteiger partial charge in [0.1, 0.15) is 0 Å². The molecule has 22 heavy (non-hydrogen) atoms. The summed E-state index contributed by atoms with van der Waals surface area (Å²) in [7, 11) is 0. The van der Waals surface area contributed by atoms with E-state index < -0.39 is 0 Å². The predicted octanol–water partition coefficient (Wildman–Crippen LogP) is 2.70. The lowest BCUT2D eigenvalue weighted by molar-refractivity contribution is -0.125. The smallest absolute Gasteiger partial charge is 0.319 e. The van der Waals surface area contributed by atoms with Gasteiger partial charge in [-0.3, -0.25) is 4.79 Å². The number of unbranched alkanes of at least 4 members (excludes halogenated alkanes) is 1. The monoisotopic (exact) mass is 363 g/mol. The number of carbonyl (C=O) groups is 2. The number of benzene rings is 1. The first-order valence-electron chi connectivity index (χ1n) is 7.45. The maximum atomic E-state index is 12.7. The van der Waals surface area contributed by atoms with Crippen LogP contribution in [0.15, 0.2) is 40.0 Å². The highest BCUT2D eigenvalue weighted by Crippen LogP contribution is 2.32. The number of nitrogens with one attached hydrogen (secondary N) is 2. The van der Waals surface area contributed by atoms with Gasteiger partial charge in [0.15, 0.2) is 0 Å². The minimum absolute atomic E-state index is 0.0175. The maximum Gasteiger partial charge on any atom is 0.319 e. The zero-order valence-corrected chi connectivity index (χ0v) is 13.9. The molecule has 0 bridgehead atoms. The summed E-state index contributed by atoms with van der Waals surface area (Å²) in [5.41, 5.74) is 2.31. The zero-order chi connectivity index (χ0) is 15.7. The first-order chi connectivity index (χ1) is 10.6. The van der Waals surface area contributed by atoms with Gasteiger partial charge >= 0.3 is 6.03 Å². The standard InChI is InChI=1S/C16H18BrN3O2/c1-2-3-8-20-9-12-13(15(20)21)14(19-16(22)18-12)10-4-6-11(17)7-5-10/h4-7,14H,2-3,8-9H2,1H3,(H2,18,19,22)/t14-/m1/s1. The Morgan fingerprint density at radius 1 is 1.27 bits per heavy atom. The summed E-state index contributed by atoms with van der Waals surface area (Å²) < 4.78 is 0.966. The maximum absolute atomic E-state index is 12.7. The molecule has 0 unspecified atom stereocenters. The predicted molar refractivity (Wildman–Crippen MR) is 87.1 cm³/mol. The minimum atomic E-state index is -0.379. The Kier molecular flexibility index (Phi) is 4.20. The van der Waals surface area contributed by atoms with Crippen molar-refractivity contribution in [2.24, 2.45) is 0 Å². The van der Waals surface area contributed by atoms with Crippen LogP contribution in [0.25, 0.3) is 0 Å².